The average molecular weight is 266 g/mol. The number of hydrogen-bond donors (Lipinski definition) is 1. The van der Waals surface area contributed by atoms with Crippen LogP contribution in [0.25, 0.3) is 10.9 Å². The molecule has 0 aliphatic carbocycles. The van der Waals surface area contributed by atoms with E-state index in [0.29, 0.717) is 0 Å². The molecule has 0 saturated carbocycles. The van der Waals surface area contributed by atoms with E-state index in [4.69, 9.17) is 5.73 Å². The van der Waals surface area contributed by atoms with Crippen molar-refractivity contribution >= 4 is 28.4 Å². The lowest BCUT2D eigenvalue weighted by atomic mass is 10.2. The number of fused-ring (bicyclic) bond motifs is 1. The topological polar surface area (TPSA) is 38.9 Å². The monoisotopic (exact) mass is 266 g/mol. The lowest BCUT2D eigenvalue weighted by Gasteiger charge is -2.09. The molecule has 0 fully saturated rings. The van der Waals surface area contributed by atoms with Gasteiger partial charge in [-0.2, -0.15) is 0 Å². The molecular weight excluding hydrogens is 252 g/mol. The van der Waals surface area contributed by atoms with Crippen LogP contribution in [0.4, 0.5) is 5.69 Å². The minimum Gasteiger partial charge on any atom is -0.397 e. The van der Waals surface area contributed by atoms with Crippen LogP contribution in [0, 0.1) is 6.92 Å². The molecule has 0 atom stereocenters. The van der Waals surface area contributed by atoms with Crippen molar-refractivity contribution in [1.29, 1.82) is 0 Å². The van der Waals surface area contributed by atoms with Crippen LogP contribution in [0.3, 0.4) is 0 Å². The molecule has 1 heterocycles. The van der Waals surface area contributed by atoms with Crippen LogP contribution in [-0.2, 0) is 0 Å². The highest BCUT2D eigenvalue weighted by Gasteiger charge is 2.07. The average Bonchev–Trinajstić information content (AvgIpc) is 2.44. The molecule has 2 aromatic carbocycles. The number of nitrogens with two attached hydrogens (primary N) is 1. The van der Waals surface area contributed by atoms with Crippen LogP contribution < -0.4 is 5.73 Å². The first-order chi connectivity index (χ1) is 9.25. The molecule has 3 heteroatoms. The third-order valence-electron chi connectivity index (χ3n) is 3.10. The van der Waals surface area contributed by atoms with Crippen LogP contribution in [0.15, 0.2) is 64.5 Å². The second kappa shape index (κ2) is 4.94. The number of nitrogens with zero attached hydrogens (tertiary/aromatic N) is 1. The largest absolute Gasteiger partial charge is 0.397 e. The molecule has 3 aromatic rings. The van der Waals surface area contributed by atoms with Crippen molar-refractivity contribution in [2.45, 2.75) is 16.7 Å². The highest BCUT2D eigenvalue weighted by molar-refractivity contribution is 7.99. The number of benzene rings is 2. The molecule has 0 unspecified atom stereocenters. The fourth-order valence-corrected chi connectivity index (χ4v) is 3.00. The number of pyridine rings is 1. The molecule has 0 aliphatic rings. The van der Waals surface area contributed by atoms with Crippen LogP contribution >= 0.6 is 11.8 Å². The summed E-state index contributed by atoms with van der Waals surface area (Å²) >= 11 is 1.70. The second-order valence-corrected chi connectivity index (χ2v) is 5.50. The molecular formula is C16H14N2S. The Balaban J connectivity index is 2.07. The SMILES string of the molecule is Cc1ccccc1Sc1ccc2ncccc2c1N. The van der Waals surface area contributed by atoms with E-state index in [0.717, 1.165) is 21.5 Å². The Morgan fingerprint density at radius 3 is 2.63 bits per heavy atom. The Labute approximate surface area is 116 Å². The molecule has 2 N–H and O–H groups in total. The number of rotatable bonds is 2. The summed E-state index contributed by atoms with van der Waals surface area (Å²) in [6.45, 7) is 2.11. The van der Waals surface area contributed by atoms with Gasteiger partial charge in [0, 0.05) is 21.4 Å². The highest BCUT2D eigenvalue weighted by Crippen LogP contribution is 2.36. The minimum atomic E-state index is 0.804. The molecule has 19 heavy (non-hydrogen) atoms. The number of aromatic nitrogens is 1. The first-order valence-corrected chi connectivity index (χ1v) is 6.94. The summed E-state index contributed by atoms with van der Waals surface area (Å²) < 4.78 is 0. The van der Waals surface area contributed by atoms with Gasteiger partial charge in [-0.25, -0.2) is 0 Å². The van der Waals surface area contributed by atoms with E-state index in [1.807, 2.05) is 36.4 Å². The van der Waals surface area contributed by atoms with Gasteiger partial charge >= 0.3 is 0 Å². The molecule has 0 spiro atoms. The van der Waals surface area contributed by atoms with Gasteiger partial charge in [0.15, 0.2) is 0 Å². The first kappa shape index (κ1) is 12.1. The van der Waals surface area contributed by atoms with Crippen molar-refractivity contribution in [3.05, 3.63) is 60.3 Å². The predicted molar refractivity (Wildman–Crippen MR) is 81.5 cm³/mol. The molecule has 0 amide bonds. The van der Waals surface area contributed by atoms with Crippen molar-refractivity contribution in [1.82, 2.24) is 4.98 Å². The van der Waals surface area contributed by atoms with E-state index in [9.17, 15) is 0 Å². The normalized spacial score (nSPS) is 10.8. The van der Waals surface area contributed by atoms with Gasteiger partial charge in [0.05, 0.1) is 11.2 Å². The first-order valence-electron chi connectivity index (χ1n) is 6.12. The summed E-state index contributed by atoms with van der Waals surface area (Å²) in [5.74, 6) is 0. The van der Waals surface area contributed by atoms with E-state index in [-0.39, 0.29) is 0 Å². The smallest absolute Gasteiger partial charge is 0.0723 e. The fourth-order valence-electron chi connectivity index (χ4n) is 2.03. The Kier molecular flexibility index (Phi) is 3.13. The van der Waals surface area contributed by atoms with Gasteiger partial charge in [0.2, 0.25) is 0 Å². The van der Waals surface area contributed by atoms with Crippen molar-refractivity contribution in [3.8, 4) is 0 Å². The van der Waals surface area contributed by atoms with Gasteiger partial charge < -0.3 is 5.73 Å². The predicted octanol–water partition coefficient (Wildman–Crippen LogP) is 4.28. The zero-order valence-electron chi connectivity index (χ0n) is 10.6. The van der Waals surface area contributed by atoms with Crippen LogP contribution in [0.2, 0.25) is 0 Å². The van der Waals surface area contributed by atoms with E-state index < -0.39 is 0 Å². The van der Waals surface area contributed by atoms with E-state index >= 15 is 0 Å². The number of aryl methyl sites for hydroxylation is 1. The third-order valence-corrected chi connectivity index (χ3v) is 4.35. The van der Waals surface area contributed by atoms with E-state index in [1.165, 1.54) is 10.5 Å². The molecule has 1 aromatic heterocycles. The van der Waals surface area contributed by atoms with Crippen molar-refractivity contribution < 1.29 is 0 Å². The highest BCUT2D eigenvalue weighted by atomic mass is 32.2. The maximum Gasteiger partial charge on any atom is 0.0723 e. The number of hydrogen-bond acceptors (Lipinski definition) is 3. The molecule has 0 aliphatic heterocycles. The summed E-state index contributed by atoms with van der Waals surface area (Å²) in [5, 5.41) is 1.01. The quantitative estimate of drug-likeness (QED) is 0.704. The molecule has 3 rings (SSSR count). The van der Waals surface area contributed by atoms with Crippen LogP contribution in [0.1, 0.15) is 5.56 Å². The molecule has 0 saturated heterocycles. The van der Waals surface area contributed by atoms with Gasteiger partial charge in [-0.1, -0.05) is 30.0 Å². The van der Waals surface area contributed by atoms with Crippen LogP contribution in [0.5, 0.6) is 0 Å². The van der Waals surface area contributed by atoms with Gasteiger partial charge in [0.1, 0.15) is 0 Å². The standard InChI is InChI=1S/C16H14N2S/c1-11-5-2-3-7-14(11)19-15-9-8-13-12(16(15)17)6-4-10-18-13/h2-10H,17H2,1H3. The van der Waals surface area contributed by atoms with Gasteiger partial charge in [-0.05, 0) is 42.8 Å². The van der Waals surface area contributed by atoms with E-state index in [2.05, 4.69) is 24.0 Å². The van der Waals surface area contributed by atoms with Crippen LogP contribution in [-0.4, -0.2) is 4.98 Å². The van der Waals surface area contributed by atoms with Gasteiger partial charge in [-0.15, -0.1) is 0 Å². The molecule has 94 valence electrons. The summed E-state index contributed by atoms with van der Waals surface area (Å²) in [5.41, 5.74) is 9.26. The second-order valence-electron chi connectivity index (χ2n) is 4.42. The van der Waals surface area contributed by atoms with Gasteiger partial charge in [-0.3, -0.25) is 4.98 Å². The minimum absolute atomic E-state index is 0.804. The van der Waals surface area contributed by atoms with Gasteiger partial charge in [0.25, 0.3) is 0 Å². The molecule has 0 radical (unpaired) electrons. The summed E-state index contributed by atoms with van der Waals surface area (Å²) in [6.07, 6.45) is 1.79. The van der Waals surface area contributed by atoms with Crippen molar-refractivity contribution in [3.63, 3.8) is 0 Å². The summed E-state index contributed by atoms with van der Waals surface area (Å²) in [7, 11) is 0. The Hall–Kier alpha value is -2.00. The fraction of sp³-hybridized carbons (Fsp3) is 0.0625. The third kappa shape index (κ3) is 2.29. The number of nitrogen functional groups attached to an aromatic ring is 1. The zero-order chi connectivity index (χ0) is 13.2. The van der Waals surface area contributed by atoms with Crippen molar-refractivity contribution in [2.75, 3.05) is 5.73 Å². The zero-order valence-corrected chi connectivity index (χ0v) is 11.4. The maximum atomic E-state index is 6.26. The Bertz CT molecular complexity index is 738. The summed E-state index contributed by atoms with van der Waals surface area (Å²) in [6, 6.07) is 16.3. The Morgan fingerprint density at radius 2 is 1.79 bits per heavy atom. The lowest BCUT2D eigenvalue weighted by Crippen LogP contribution is -1.92. The lowest BCUT2D eigenvalue weighted by molar-refractivity contribution is 1.29. The molecule has 0 bridgehead atoms. The number of anilines is 1. The Morgan fingerprint density at radius 1 is 0.947 bits per heavy atom. The van der Waals surface area contributed by atoms with E-state index in [1.54, 1.807) is 18.0 Å². The van der Waals surface area contributed by atoms with Crippen molar-refractivity contribution in [2.24, 2.45) is 0 Å². The molecule has 2 nitrogen and oxygen atoms in total. The maximum absolute atomic E-state index is 6.26. The summed E-state index contributed by atoms with van der Waals surface area (Å²) in [4.78, 5) is 6.63.